The molecule has 0 bridgehead atoms. The molecule has 0 spiro atoms. The van der Waals surface area contributed by atoms with Crippen LogP contribution in [0.25, 0.3) is 0 Å². The number of aromatic nitrogens is 1. The highest BCUT2D eigenvalue weighted by molar-refractivity contribution is 5.30. The monoisotopic (exact) mass is 286 g/mol. The normalized spacial score (nSPS) is 12.9. The number of aromatic hydroxyl groups is 1. The Morgan fingerprint density at radius 1 is 1.40 bits per heavy atom. The molecule has 4 N–H and O–H groups in total. The van der Waals surface area contributed by atoms with Gasteiger partial charge in [-0.2, -0.15) is 0 Å². The Morgan fingerprint density at radius 2 is 2.05 bits per heavy atom. The maximum Gasteiger partial charge on any atom is 0.223 e. The predicted octanol–water partition coefficient (Wildman–Crippen LogP) is -1.15. The Morgan fingerprint density at radius 3 is 2.55 bits per heavy atom. The van der Waals surface area contributed by atoms with Gasteiger partial charge in [0, 0.05) is 31.4 Å². The molecule has 20 heavy (non-hydrogen) atoms. The van der Waals surface area contributed by atoms with E-state index in [0.29, 0.717) is 17.9 Å². The van der Waals surface area contributed by atoms with Crippen LogP contribution in [0.3, 0.4) is 0 Å². The van der Waals surface area contributed by atoms with Crippen LogP contribution in [-0.4, -0.2) is 56.2 Å². The molecule has 1 unspecified atom stereocenters. The van der Waals surface area contributed by atoms with Crippen LogP contribution in [0, 0.1) is 0 Å². The van der Waals surface area contributed by atoms with Crippen molar-refractivity contribution < 1.29 is 20.4 Å². The Bertz CT molecular complexity index is 498. The fourth-order valence-electron chi connectivity index (χ4n) is 2.03. The molecule has 0 saturated carbocycles. The van der Waals surface area contributed by atoms with Crippen LogP contribution in [0.2, 0.25) is 0 Å². The molecule has 1 aromatic rings. The Balaban J connectivity index is 3.28. The highest BCUT2D eigenvalue weighted by Crippen LogP contribution is 2.17. The van der Waals surface area contributed by atoms with E-state index < -0.39 is 17.3 Å². The molecule has 1 atom stereocenters. The van der Waals surface area contributed by atoms with Crippen molar-refractivity contribution in [2.45, 2.75) is 32.7 Å². The maximum absolute atomic E-state index is 11.7. The van der Waals surface area contributed by atoms with Crippen LogP contribution in [0.4, 0.5) is 0 Å². The number of nitrogens with zero attached hydrogens (tertiary/aromatic N) is 2. The number of hydrogen-bond donors (Lipinski definition) is 4. The zero-order valence-electron chi connectivity index (χ0n) is 11.8. The average molecular weight is 286 g/mol. The predicted molar refractivity (Wildman–Crippen MR) is 73.4 cm³/mol. The van der Waals surface area contributed by atoms with Crippen LogP contribution in [-0.2, 0) is 19.7 Å². The molecule has 114 valence electrons. The number of aliphatic hydroxyl groups excluding tert-OH is 3. The van der Waals surface area contributed by atoms with Gasteiger partial charge in [0.05, 0.1) is 25.0 Å². The summed E-state index contributed by atoms with van der Waals surface area (Å²) in [6.45, 7) is 1.94. The van der Waals surface area contributed by atoms with Crippen molar-refractivity contribution in [1.29, 1.82) is 0 Å². The molecule has 0 amide bonds. The number of pyridine rings is 1. The molecule has 0 saturated heterocycles. The molecule has 0 aromatic carbocycles. The molecular weight excluding hydrogens is 264 g/mol. The smallest absolute Gasteiger partial charge is 0.223 e. The second-order valence-electron chi connectivity index (χ2n) is 4.87. The van der Waals surface area contributed by atoms with Crippen LogP contribution < -0.4 is 5.43 Å². The minimum Gasteiger partial charge on any atom is -0.503 e. The first-order valence-corrected chi connectivity index (χ1v) is 6.43. The summed E-state index contributed by atoms with van der Waals surface area (Å²) in [6.07, 6.45) is -0.691. The first-order chi connectivity index (χ1) is 9.40. The lowest BCUT2D eigenvalue weighted by Gasteiger charge is -2.23. The molecule has 1 rings (SSSR count). The fourth-order valence-corrected chi connectivity index (χ4v) is 2.03. The summed E-state index contributed by atoms with van der Waals surface area (Å²) in [4.78, 5) is 13.4. The van der Waals surface area contributed by atoms with Crippen molar-refractivity contribution >= 4 is 0 Å². The van der Waals surface area contributed by atoms with Gasteiger partial charge in [0.2, 0.25) is 5.43 Å². The second kappa shape index (κ2) is 7.39. The molecule has 0 fully saturated rings. The van der Waals surface area contributed by atoms with Gasteiger partial charge in [-0.15, -0.1) is 0 Å². The third kappa shape index (κ3) is 4.04. The zero-order valence-corrected chi connectivity index (χ0v) is 11.8. The standard InChI is InChI=1S/C13H22N2O5/c1-9(18)6-15-10(8-17)5-12(19)13(20)11(15)7-14(2)3-4-16/h5,9,16-18,20H,3-4,6-8H2,1-2H3. The van der Waals surface area contributed by atoms with E-state index in [9.17, 15) is 20.1 Å². The minimum absolute atomic E-state index is 0.0441. The van der Waals surface area contributed by atoms with Gasteiger partial charge in [0.25, 0.3) is 0 Å². The van der Waals surface area contributed by atoms with Gasteiger partial charge >= 0.3 is 0 Å². The summed E-state index contributed by atoms with van der Waals surface area (Å²) in [5, 5.41) is 37.7. The topological polar surface area (TPSA) is 106 Å². The van der Waals surface area contributed by atoms with E-state index in [1.54, 1.807) is 18.9 Å². The molecule has 0 radical (unpaired) electrons. The van der Waals surface area contributed by atoms with Gasteiger partial charge in [-0.25, -0.2) is 0 Å². The molecule has 0 aliphatic heterocycles. The van der Waals surface area contributed by atoms with Gasteiger partial charge in [0.15, 0.2) is 5.75 Å². The molecule has 7 heteroatoms. The van der Waals surface area contributed by atoms with Gasteiger partial charge < -0.3 is 25.0 Å². The Kier molecular flexibility index (Phi) is 6.15. The van der Waals surface area contributed by atoms with Crippen LogP contribution in [0.1, 0.15) is 18.3 Å². The summed E-state index contributed by atoms with van der Waals surface area (Å²) in [6, 6.07) is 1.16. The SMILES string of the molecule is CC(O)Cn1c(CO)cc(=O)c(O)c1CN(C)CCO. The Labute approximate surface area is 117 Å². The van der Waals surface area contributed by atoms with Crippen LogP contribution in [0.15, 0.2) is 10.9 Å². The fraction of sp³-hybridized carbons (Fsp3) is 0.615. The lowest BCUT2D eigenvalue weighted by atomic mass is 10.2. The second-order valence-corrected chi connectivity index (χ2v) is 4.87. The molecule has 1 aromatic heterocycles. The van der Waals surface area contributed by atoms with Gasteiger partial charge in [0.1, 0.15) is 0 Å². The zero-order chi connectivity index (χ0) is 15.3. The van der Waals surface area contributed by atoms with Crippen molar-refractivity contribution in [3.8, 4) is 5.75 Å². The van der Waals surface area contributed by atoms with E-state index in [0.717, 1.165) is 6.07 Å². The quantitative estimate of drug-likeness (QED) is 0.504. The van der Waals surface area contributed by atoms with E-state index in [2.05, 4.69) is 0 Å². The maximum atomic E-state index is 11.7. The number of aliphatic hydroxyl groups is 3. The number of likely N-dealkylation sites (N-methyl/N-ethyl adjacent to an activating group) is 1. The van der Waals surface area contributed by atoms with Crippen molar-refractivity contribution in [2.24, 2.45) is 0 Å². The van der Waals surface area contributed by atoms with Crippen molar-refractivity contribution in [1.82, 2.24) is 9.47 Å². The highest BCUT2D eigenvalue weighted by Gasteiger charge is 2.17. The first kappa shape index (κ1) is 16.6. The summed E-state index contributed by atoms with van der Waals surface area (Å²) in [7, 11) is 1.73. The van der Waals surface area contributed by atoms with Gasteiger partial charge in [-0.3, -0.25) is 9.69 Å². The molecule has 0 aliphatic carbocycles. The lowest BCUT2D eigenvalue weighted by molar-refractivity contribution is 0.161. The van der Waals surface area contributed by atoms with E-state index >= 15 is 0 Å². The average Bonchev–Trinajstić information content (AvgIpc) is 2.37. The highest BCUT2D eigenvalue weighted by atomic mass is 16.3. The van der Waals surface area contributed by atoms with E-state index in [1.165, 1.54) is 4.57 Å². The van der Waals surface area contributed by atoms with E-state index in [4.69, 9.17) is 5.11 Å². The van der Waals surface area contributed by atoms with Crippen LogP contribution >= 0.6 is 0 Å². The first-order valence-electron chi connectivity index (χ1n) is 6.43. The van der Waals surface area contributed by atoms with Crippen LogP contribution in [0.5, 0.6) is 5.75 Å². The Hall–Kier alpha value is -1.41. The van der Waals surface area contributed by atoms with E-state index in [1.807, 2.05) is 0 Å². The van der Waals surface area contributed by atoms with Crippen molar-refractivity contribution in [3.05, 3.63) is 27.7 Å². The number of rotatable bonds is 7. The summed E-state index contributed by atoms with van der Waals surface area (Å²) in [5.74, 6) is -0.396. The summed E-state index contributed by atoms with van der Waals surface area (Å²) in [5.41, 5.74) is 0.0859. The molecule has 0 aliphatic rings. The number of hydrogen-bond acceptors (Lipinski definition) is 6. The lowest BCUT2D eigenvalue weighted by Crippen LogP contribution is -2.28. The van der Waals surface area contributed by atoms with Crippen molar-refractivity contribution in [3.63, 3.8) is 0 Å². The summed E-state index contributed by atoms with van der Waals surface area (Å²) < 4.78 is 1.54. The van der Waals surface area contributed by atoms with Crippen molar-refractivity contribution in [2.75, 3.05) is 20.2 Å². The third-order valence-corrected chi connectivity index (χ3v) is 2.99. The third-order valence-electron chi connectivity index (χ3n) is 2.99. The van der Waals surface area contributed by atoms with E-state index in [-0.39, 0.29) is 26.3 Å². The minimum atomic E-state index is -0.691. The van der Waals surface area contributed by atoms with Gasteiger partial charge in [-0.1, -0.05) is 0 Å². The van der Waals surface area contributed by atoms with Gasteiger partial charge in [-0.05, 0) is 14.0 Å². The largest absolute Gasteiger partial charge is 0.503 e. The summed E-state index contributed by atoms with van der Waals surface area (Å²) >= 11 is 0. The molecular formula is C13H22N2O5. The molecule has 7 nitrogen and oxygen atoms in total. The molecule has 1 heterocycles.